The van der Waals surface area contributed by atoms with E-state index in [0.717, 1.165) is 41.0 Å². The van der Waals surface area contributed by atoms with E-state index < -0.39 is 0 Å². The molecule has 1 N–H and O–H groups in total. The lowest BCUT2D eigenvalue weighted by Crippen LogP contribution is -2.42. The zero-order valence-electron chi connectivity index (χ0n) is 16.0. The number of H-pyrrole nitrogens is 1. The number of amides is 1. The summed E-state index contributed by atoms with van der Waals surface area (Å²) in [4.78, 5) is 18.7. The Morgan fingerprint density at radius 3 is 2.46 bits per heavy atom. The lowest BCUT2D eigenvalue weighted by Gasteiger charge is -2.34. The van der Waals surface area contributed by atoms with Gasteiger partial charge in [-0.05, 0) is 50.1 Å². The highest BCUT2D eigenvalue weighted by molar-refractivity contribution is 6.30. The van der Waals surface area contributed by atoms with E-state index in [1.807, 2.05) is 41.3 Å². The number of carbonyl (C=O) groups excluding carboxylic acids is 1. The predicted octanol–water partition coefficient (Wildman–Crippen LogP) is 4.91. The van der Waals surface area contributed by atoms with Crippen LogP contribution in [0.2, 0.25) is 5.02 Å². The molecule has 0 radical (unpaired) electrons. The van der Waals surface area contributed by atoms with E-state index in [2.05, 4.69) is 29.0 Å². The number of nitrogens with zero attached hydrogens (tertiary/aromatic N) is 3. The monoisotopic (exact) mass is 394 g/mol. The molecule has 28 heavy (non-hydrogen) atoms. The number of piperidine rings is 1. The Labute approximate surface area is 169 Å². The molecular weight excluding hydrogens is 372 g/mol. The Bertz CT molecular complexity index is 966. The molecule has 0 bridgehead atoms. The van der Waals surface area contributed by atoms with E-state index >= 15 is 0 Å². The molecule has 4 rings (SSSR count). The fraction of sp³-hybridized carbons (Fsp3) is 0.318. The zero-order chi connectivity index (χ0) is 19.7. The van der Waals surface area contributed by atoms with E-state index in [1.54, 1.807) is 12.4 Å². The summed E-state index contributed by atoms with van der Waals surface area (Å²) in [6, 6.07) is 11.9. The van der Waals surface area contributed by atoms with Gasteiger partial charge in [-0.2, -0.15) is 5.10 Å². The third-order valence-corrected chi connectivity index (χ3v) is 5.62. The second-order valence-electron chi connectivity index (χ2n) is 7.47. The third-order valence-electron chi connectivity index (χ3n) is 5.37. The highest BCUT2D eigenvalue weighted by atomic mass is 35.5. The second-order valence-corrected chi connectivity index (χ2v) is 7.91. The number of benzene rings is 1. The third kappa shape index (κ3) is 3.54. The molecule has 144 valence electrons. The van der Waals surface area contributed by atoms with Crippen LogP contribution in [0.3, 0.4) is 0 Å². The van der Waals surface area contributed by atoms with Gasteiger partial charge in [0.15, 0.2) is 0 Å². The molecule has 1 aromatic carbocycles. The van der Waals surface area contributed by atoms with Crippen LogP contribution in [0.1, 0.15) is 38.3 Å². The number of rotatable bonds is 4. The van der Waals surface area contributed by atoms with E-state index in [0.29, 0.717) is 11.4 Å². The van der Waals surface area contributed by atoms with Gasteiger partial charge in [-0.15, -0.1) is 0 Å². The molecule has 0 aliphatic carbocycles. The number of pyridine rings is 1. The summed E-state index contributed by atoms with van der Waals surface area (Å²) >= 11 is 6.06. The Kier molecular flexibility index (Phi) is 5.18. The number of carbonyl (C=O) groups is 1. The van der Waals surface area contributed by atoms with E-state index in [9.17, 15) is 4.79 Å². The minimum absolute atomic E-state index is 0.124. The number of hydrogen-bond donors (Lipinski definition) is 1. The van der Waals surface area contributed by atoms with Crippen LogP contribution >= 0.6 is 11.6 Å². The van der Waals surface area contributed by atoms with Crippen molar-refractivity contribution >= 4 is 17.5 Å². The van der Waals surface area contributed by atoms with Crippen molar-refractivity contribution < 1.29 is 4.79 Å². The van der Waals surface area contributed by atoms with E-state index in [1.165, 1.54) is 0 Å². The number of nitrogens with one attached hydrogen (secondary N) is 1. The van der Waals surface area contributed by atoms with Crippen LogP contribution in [0, 0.1) is 0 Å². The van der Waals surface area contributed by atoms with E-state index in [-0.39, 0.29) is 17.9 Å². The maximum atomic E-state index is 12.6. The minimum atomic E-state index is 0.124. The van der Waals surface area contributed by atoms with Crippen LogP contribution in [0.25, 0.3) is 22.4 Å². The van der Waals surface area contributed by atoms with E-state index in [4.69, 9.17) is 11.6 Å². The van der Waals surface area contributed by atoms with Crippen LogP contribution in [0.15, 0.2) is 48.8 Å². The maximum absolute atomic E-state index is 12.6. The molecule has 1 aliphatic heterocycles. The van der Waals surface area contributed by atoms with Gasteiger partial charge in [0.25, 0.3) is 0 Å². The van der Waals surface area contributed by atoms with Crippen molar-refractivity contribution in [2.24, 2.45) is 0 Å². The average Bonchev–Trinajstić information content (AvgIpc) is 3.14. The van der Waals surface area contributed by atoms with Gasteiger partial charge >= 0.3 is 0 Å². The summed E-state index contributed by atoms with van der Waals surface area (Å²) < 4.78 is 0. The highest BCUT2D eigenvalue weighted by Crippen LogP contribution is 2.40. The van der Waals surface area contributed by atoms with Crippen LogP contribution in [-0.2, 0) is 4.79 Å². The van der Waals surface area contributed by atoms with Gasteiger partial charge in [0.05, 0.1) is 0 Å². The van der Waals surface area contributed by atoms with Crippen molar-refractivity contribution in [1.82, 2.24) is 20.1 Å². The Morgan fingerprint density at radius 1 is 1.11 bits per heavy atom. The lowest BCUT2D eigenvalue weighted by atomic mass is 9.87. The van der Waals surface area contributed by atoms with Crippen LogP contribution < -0.4 is 0 Å². The van der Waals surface area contributed by atoms with Gasteiger partial charge in [0.1, 0.15) is 5.69 Å². The maximum Gasteiger partial charge on any atom is 0.223 e. The summed E-state index contributed by atoms with van der Waals surface area (Å²) in [5.41, 5.74) is 4.97. The molecule has 2 aromatic heterocycles. The fourth-order valence-corrected chi connectivity index (χ4v) is 4.05. The number of aromatic nitrogens is 3. The van der Waals surface area contributed by atoms with Gasteiger partial charge < -0.3 is 4.90 Å². The first-order valence-corrected chi connectivity index (χ1v) is 9.96. The smallest absolute Gasteiger partial charge is 0.223 e. The molecule has 1 fully saturated rings. The Morgan fingerprint density at radius 2 is 1.82 bits per heavy atom. The Balaban J connectivity index is 1.76. The molecule has 6 heteroatoms. The summed E-state index contributed by atoms with van der Waals surface area (Å²) in [5, 5.41) is 8.57. The fourth-order valence-electron chi connectivity index (χ4n) is 3.92. The number of halogens is 1. The van der Waals surface area contributed by atoms with Gasteiger partial charge in [0.2, 0.25) is 5.91 Å². The summed E-state index contributed by atoms with van der Waals surface area (Å²) in [6.45, 7) is 4.90. The summed E-state index contributed by atoms with van der Waals surface area (Å²) in [6.07, 6.45) is 4.98. The minimum Gasteiger partial charge on any atom is -0.340 e. The molecular formula is C22H23ClN4O. The normalized spacial score (nSPS) is 17.4. The number of aromatic amines is 1. The quantitative estimate of drug-likeness (QED) is 0.684. The van der Waals surface area contributed by atoms with Crippen LogP contribution in [-0.4, -0.2) is 38.6 Å². The van der Waals surface area contributed by atoms with Crippen molar-refractivity contribution in [1.29, 1.82) is 0 Å². The molecule has 0 spiro atoms. The number of hydrogen-bond acceptors (Lipinski definition) is 3. The van der Waals surface area contributed by atoms with Gasteiger partial charge in [0, 0.05) is 59.2 Å². The molecule has 0 saturated carbocycles. The Hall–Kier alpha value is -2.66. The average molecular weight is 395 g/mol. The van der Waals surface area contributed by atoms with Gasteiger partial charge in [-0.1, -0.05) is 23.7 Å². The highest BCUT2D eigenvalue weighted by Gasteiger charge is 2.32. The molecule has 1 aliphatic rings. The molecule has 1 amide bonds. The lowest BCUT2D eigenvalue weighted by molar-refractivity contribution is -0.135. The van der Waals surface area contributed by atoms with Gasteiger partial charge in [-0.25, -0.2) is 0 Å². The molecule has 1 saturated heterocycles. The second kappa shape index (κ2) is 7.76. The standard InChI is InChI=1S/C22H23ClN4O/c1-14(2)27-12-9-17(13-19(27)28)22-20(15-7-10-24-11-8-15)21(25-26-22)16-3-5-18(23)6-4-16/h3-8,10-11,14,17H,9,12-13H2,1-2H3,(H,25,26). The van der Waals surface area contributed by atoms with Gasteiger partial charge in [-0.3, -0.25) is 14.9 Å². The zero-order valence-corrected chi connectivity index (χ0v) is 16.8. The van der Waals surface area contributed by atoms with Crippen molar-refractivity contribution in [2.45, 2.75) is 38.6 Å². The first-order chi connectivity index (χ1) is 13.5. The van der Waals surface area contributed by atoms with Crippen LogP contribution in [0.5, 0.6) is 0 Å². The molecule has 3 aromatic rings. The molecule has 3 heterocycles. The first-order valence-electron chi connectivity index (χ1n) is 9.58. The summed E-state index contributed by atoms with van der Waals surface area (Å²) in [5.74, 6) is 0.328. The molecule has 5 nitrogen and oxygen atoms in total. The topological polar surface area (TPSA) is 61.9 Å². The predicted molar refractivity (Wildman–Crippen MR) is 111 cm³/mol. The first kappa shape index (κ1) is 18.7. The number of likely N-dealkylation sites (tertiary alicyclic amines) is 1. The van der Waals surface area contributed by atoms with Crippen molar-refractivity contribution in [3.8, 4) is 22.4 Å². The van der Waals surface area contributed by atoms with Crippen molar-refractivity contribution in [2.75, 3.05) is 6.54 Å². The largest absolute Gasteiger partial charge is 0.340 e. The van der Waals surface area contributed by atoms with Crippen LogP contribution in [0.4, 0.5) is 0 Å². The summed E-state index contributed by atoms with van der Waals surface area (Å²) in [7, 11) is 0. The molecule has 1 atom stereocenters. The SMILES string of the molecule is CC(C)N1CCC(c2[nH]nc(-c3ccc(Cl)cc3)c2-c2ccncc2)CC1=O. The van der Waals surface area contributed by atoms with Crippen molar-refractivity contribution in [3.63, 3.8) is 0 Å². The van der Waals surface area contributed by atoms with Crippen molar-refractivity contribution in [3.05, 3.63) is 59.5 Å². The molecule has 1 unspecified atom stereocenters.